The summed E-state index contributed by atoms with van der Waals surface area (Å²) in [6.45, 7) is 2.30. The minimum atomic E-state index is -0.307. The molecule has 92 valence electrons. The van der Waals surface area contributed by atoms with Gasteiger partial charge in [-0.25, -0.2) is 9.18 Å². The van der Waals surface area contributed by atoms with Crippen molar-refractivity contribution in [2.24, 2.45) is 0 Å². The molecule has 17 heavy (non-hydrogen) atoms. The molecule has 2 amide bonds. The average molecular weight is 350 g/mol. The summed E-state index contributed by atoms with van der Waals surface area (Å²) in [6, 6.07) is 4.11. The fourth-order valence-corrected chi connectivity index (χ4v) is 2.16. The van der Waals surface area contributed by atoms with Crippen molar-refractivity contribution in [3.05, 3.63) is 27.6 Å². The maximum Gasteiger partial charge on any atom is 0.322 e. The normalized spacial score (nSPS) is 15.8. The van der Waals surface area contributed by atoms with E-state index < -0.39 is 0 Å². The average Bonchev–Trinajstić information content (AvgIpc) is 2.34. The molecule has 0 aromatic heterocycles. The zero-order chi connectivity index (χ0) is 12.3. The maximum atomic E-state index is 12.9. The number of morpholine rings is 1. The topological polar surface area (TPSA) is 41.6 Å². The third-order valence-electron chi connectivity index (χ3n) is 2.47. The van der Waals surface area contributed by atoms with Crippen LogP contribution in [0.1, 0.15) is 0 Å². The number of benzene rings is 1. The van der Waals surface area contributed by atoms with Gasteiger partial charge < -0.3 is 15.0 Å². The Kier molecular flexibility index (Phi) is 4.16. The van der Waals surface area contributed by atoms with Gasteiger partial charge in [-0.2, -0.15) is 0 Å². The van der Waals surface area contributed by atoms with Crippen molar-refractivity contribution in [2.45, 2.75) is 0 Å². The summed E-state index contributed by atoms with van der Waals surface area (Å²) in [5, 5.41) is 2.76. The van der Waals surface area contributed by atoms with E-state index in [1.807, 2.05) is 22.6 Å². The van der Waals surface area contributed by atoms with Crippen LogP contribution in [0.2, 0.25) is 0 Å². The molecular formula is C11H12FIN2O2. The fraction of sp³-hybridized carbons (Fsp3) is 0.364. The molecule has 2 rings (SSSR count). The quantitative estimate of drug-likeness (QED) is 0.790. The molecule has 1 aromatic rings. The van der Waals surface area contributed by atoms with Crippen LogP contribution in [0.4, 0.5) is 14.9 Å². The Morgan fingerprint density at radius 2 is 2.12 bits per heavy atom. The minimum Gasteiger partial charge on any atom is -0.378 e. The molecule has 0 unspecified atom stereocenters. The zero-order valence-corrected chi connectivity index (χ0v) is 11.2. The molecule has 0 spiro atoms. The van der Waals surface area contributed by atoms with Gasteiger partial charge in [-0.15, -0.1) is 0 Å². The number of rotatable bonds is 1. The van der Waals surface area contributed by atoms with Crippen molar-refractivity contribution >= 4 is 34.3 Å². The highest BCUT2D eigenvalue weighted by Crippen LogP contribution is 2.19. The third kappa shape index (κ3) is 3.29. The highest BCUT2D eigenvalue weighted by atomic mass is 127. The van der Waals surface area contributed by atoms with Crippen molar-refractivity contribution < 1.29 is 13.9 Å². The van der Waals surface area contributed by atoms with Crippen molar-refractivity contribution in [1.82, 2.24) is 4.90 Å². The molecule has 0 atom stereocenters. The van der Waals surface area contributed by atoms with Gasteiger partial charge in [-0.05, 0) is 40.8 Å². The van der Waals surface area contributed by atoms with E-state index in [2.05, 4.69) is 5.32 Å². The molecule has 1 aliphatic rings. The van der Waals surface area contributed by atoms with Gasteiger partial charge in [0.05, 0.1) is 18.9 Å². The van der Waals surface area contributed by atoms with E-state index in [4.69, 9.17) is 4.74 Å². The monoisotopic (exact) mass is 350 g/mol. The Balaban J connectivity index is 2.02. The lowest BCUT2D eigenvalue weighted by Crippen LogP contribution is -2.43. The van der Waals surface area contributed by atoms with Crippen LogP contribution >= 0.6 is 22.6 Å². The van der Waals surface area contributed by atoms with E-state index in [1.54, 1.807) is 11.0 Å². The molecule has 6 heteroatoms. The molecule has 0 saturated carbocycles. The Labute approximate surface area is 112 Å². The number of ether oxygens (including phenoxy) is 1. The lowest BCUT2D eigenvalue weighted by molar-refractivity contribution is 0.0564. The number of hydrogen-bond acceptors (Lipinski definition) is 2. The molecule has 0 aliphatic carbocycles. The van der Waals surface area contributed by atoms with Gasteiger partial charge in [0.1, 0.15) is 5.82 Å². The number of amides is 2. The van der Waals surface area contributed by atoms with Crippen molar-refractivity contribution in [1.29, 1.82) is 0 Å². The predicted molar refractivity (Wildman–Crippen MR) is 70.5 cm³/mol. The van der Waals surface area contributed by atoms with Crippen molar-refractivity contribution in [3.63, 3.8) is 0 Å². The molecule has 1 aliphatic heterocycles. The molecule has 4 nitrogen and oxygen atoms in total. The van der Waals surface area contributed by atoms with E-state index in [0.29, 0.717) is 35.6 Å². The van der Waals surface area contributed by atoms with Crippen LogP contribution in [0.15, 0.2) is 18.2 Å². The van der Waals surface area contributed by atoms with Crippen LogP contribution in [0, 0.1) is 9.39 Å². The van der Waals surface area contributed by atoms with E-state index >= 15 is 0 Å². The third-order valence-corrected chi connectivity index (χ3v) is 3.36. The van der Waals surface area contributed by atoms with Crippen LogP contribution in [-0.2, 0) is 4.74 Å². The number of nitrogens with one attached hydrogen (secondary N) is 1. The Morgan fingerprint density at radius 3 is 2.76 bits per heavy atom. The number of hydrogen-bond donors (Lipinski definition) is 1. The Morgan fingerprint density at radius 1 is 1.41 bits per heavy atom. The van der Waals surface area contributed by atoms with E-state index in [1.165, 1.54) is 12.1 Å². The second-order valence-corrected chi connectivity index (χ2v) is 4.82. The molecule has 1 saturated heterocycles. The fourth-order valence-electron chi connectivity index (χ4n) is 1.55. The number of anilines is 1. The molecule has 0 bridgehead atoms. The minimum absolute atomic E-state index is 0.169. The van der Waals surface area contributed by atoms with Gasteiger partial charge in [-0.3, -0.25) is 0 Å². The first kappa shape index (κ1) is 12.6. The smallest absolute Gasteiger partial charge is 0.322 e. The standard InChI is InChI=1S/C11H12FIN2O2/c12-8-1-2-10(9(13)7-8)14-11(16)15-3-5-17-6-4-15/h1-2,7H,3-6H2,(H,14,16). The summed E-state index contributed by atoms with van der Waals surface area (Å²) in [6.07, 6.45) is 0. The summed E-state index contributed by atoms with van der Waals surface area (Å²) in [7, 11) is 0. The predicted octanol–water partition coefficient (Wildman–Crippen LogP) is 2.29. The molecule has 1 aromatic carbocycles. The van der Waals surface area contributed by atoms with Gasteiger partial charge in [-0.1, -0.05) is 0 Å². The van der Waals surface area contributed by atoms with Crippen molar-refractivity contribution in [3.8, 4) is 0 Å². The van der Waals surface area contributed by atoms with E-state index in [0.717, 1.165) is 0 Å². The van der Waals surface area contributed by atoms with Gasteiger partial charge in [0.2, 0.25) is 0 Å². The van der Waals surface area contributed by atoms with Crippen LogP contribution in [0.3, 0.4) is 0 Å². The second-order valence-electron chi connectivity index (χ2n) is 3.65. The van der Waals surface area contributed by atoms with E-state index in [-0.39, 0.29) is 11.8 Å². The Bertz CT molecular complexity index is 422. The summed E-state index contributed by atoms with van der Waals surface area (Å²) in [5.41, 5.74) is 0.628. The molecule has 1 N–H and O–H groups in total. The molecule has 1 heterocycles. The first-order valence-corrected chi connectivity index (χ1v) is 6.33. The lowest BCUT2D eigenvalue weighted by Gasteiger charge is -2.27. The lowest BCUT2D eigenvalue weighted by atomic mass is 10.3. The van der Waals surface area contributed by atoms with Gasteiger partial charge in [0.15, 0.2) is 0 Å². The number of carbonyl (C=O) groups is 1. The number of carbonyl (C=O) groups excluding carboxylic acids is 1. The highest BCUT2D eigenvalue weighted by Gasteiger charge is 2.17. The van der Waals surface area contributed by atoms with Crippen LogP contribution in [-0.4, -0.2) is 37.2 Å². The van der Waals surface area contributed by atoms with Gasteiger partial charge in [0.25, 0.3) is 0 Å². The van der Waals surface area contributed by atoms with Crippen LogP contribution in [0.25, 0.3) is 0 Å². The molecule has 1 fully saturated rings. The summed E-state index contributed by atoms with van der Waals surface area (Å²) in [5.74, 6) is -0.307. The maximum absolute atomic E-state index is 12.9. The van der Waals surface area contributed by atoms with Gasteiger partial charge in [0, 0.05) is 16.7 Å². The zero-order valence-electron chi connectivity index (χ0n) is 9.08. The summed E-state index contributed by atoms with van der Waals surface area (Å²) < 4.78 is 18.7. The largest absolute Gasteiger partial charge is 0.378 e. The van der Waals surface area contributed by atoms with Crippen LogP contribution in [0.5, 0.6) is 0 Å². The molecule has 0 radical (unpaired) electrons. The first-order chi connectivity index (χ1) is 8.16. The highest BCUT2D eigenvalue weighted by molar-refractivity contribution is 14.1. The number of urea groups is 1. The second kappa shape index (κ2) is 5.63. The first-order valence-electron chi connectivity index (χ1n) is 5.25. The van der Waals surface area contributed by atoms with Crippen LogP contribution < -0.4 is 5.32 Å². The number of halogens is 2. The van der Waals surface area contributed by atoms with Gasteiger partial charge >= 0.3 is 6.03 Å². The van der Waals surface area contributed by atoms with Crippen molar-refractivity contribution in [2.75, 3.05) is 31.6 Å². The Hall–Kier alpha value is -0.890. The number of nitrogens with zero attached hydrogens (tertiary/aromatic N) is 1. The van der Waals surface area contributed by atoms with E-state index in [9.17, 15) is 9.18 Å². The SMILES string of the molecule is O=C(Nc1ccc(F)cc1I)N1CCOCC1. The summed E-state index contributed by atoms with van der Waals surface area (Å²) >= 11 is 1.99. The summed E-state index contributed by atoms with van der Waals surface area (Å²) in [4.78, 5) is 13.6. The molecular weight excluding hydrogens is 338 g/mol.